The summed E-state index contributed by atoms with van der Waals surface area (Å²) in [6, 6.07) is 0. The Labute approximate surface area is 106 Å². The fraction of sp³-hybridized carbons (Fsp3) is 0.545. The van der Waals surface area contributed by atoms with Crippen molar-refractivity contribution in [2.24, 2.45) is 11.1 Å². The molecule has 0 atom stereocenters. The fourth-order valence-electron chi connectivity index (χ4n) is 1.10. The summed E-state index contributed by atoms with van der Waals surface area (Å²) >= 11 is 4.84. The highest BCUT2D eigenvalue weighted by molar-refractivity contribution is 7.80. The number of hydrogen-bond donors (Lipinski definition) is 2. The van der Waals surface area contributed by atoms with Crippen LogP contribution >= 0.6 is 12.2 Å². The molecule has 0 saturated carbocycles. The summed E-state index contributed by atoms with van der Waals surface area (Å²) in [4.78, 5) is 16.1. The first-order chi connectivity index (χ1) is 7.75. The maximum Gasteiger partial charge on any atom is 0.232 e. The van der Waals surface area contributed by atoms with E-state index in [1.807, 2.05) is 13.8 Å². The van der Waals surface area contributed by atoms with Gasteiger partial charge in [-0.3, -0.25) is 4.79 Å². The van der Waals surface area contributed by atoms with Crippen LogP contribution < -0.4 is 11.1 Å². The molecule has 1 aromatic heterocycles. The first-order valence-corrected chi connectivity index (χ1v) is 5.67. The third-order valence-corrected chi connectivity index (χ3v) is 3.17. The molecule has 0 aliphatic heterocycles. The van der Waals surface area contributed by atoms with Crippen molar-refractivity contribution < 1.29 is 9.21 Å². The number of thiocarbonyl (C=S) groups is 1. The molecule has 1 heterocycles. The molecule has 0 saturated heterocycles. The number of hydrogen-bond acceptors (Lipinski definition) is 4. The van der Waals surface area contributed by atoms with Crippen LogP contribution in [0.25, 0.3) is 0 Å². The molecule has 0 aromatic carbocycles. The van der Waals surface area contributed by atoms with E-state index in [-0.39, 0.29) is 17.4 Å². The molecule has 1 amide bonds. The van der Waals surface area contributed by atoms with Crippen LogP contribution in [0.15, 0.2) is 4.42 Å². The minimum Gasteiger partial charge on any atom is -0.444 e. The van der Waals surface area contributed by atoms with Gasteiger partial charge in [-0.05, 0) is 27.7 Å². The average molecular weight is 255 g/mol. The van der Waals surface area contributed by atoms with Crippen LogP contribution in [0.3, 0.4) is 0 Å². The van der Waals surface area contributed by atoms with E-state index in [0.717, 1.165) is 11.5 Å². The number of nitrogens with two attached hydrogens (primary N) is 1. The summed E-state index contributed by atoms with van der Waals surface area (Å²) in [6.45, 7) is 7.27. The van der Waals surface area contributed by atoms with Crippen molar-refractivity contribution in [2.45, 2.75) is 34.2 Å². The van der Waals surface area contributed by atoms with Gasteiger partial charge in [0.1, 0.15) is 5.76 Å². The number of amides is 1. The highest BCUT2D eigenvalue weighted by Crippen LogP contribution is 2.16. The molecule has 0 fully saturated rings. The van der Waals surface area contributed by atoms with Crippen LogP contribution in [0.4, 0.5) is 0 Å². The number of carbonyl (C=O) groups excluding carboxylic acids is 1. The molecule has 1 rings (SSSR count). The lowest BCUT2D eigenvalue weighted by Crippen LogP contribution is -2.44. The largest absolute Gasteiger partial charge is 0.444 e. The van der Waals surface area contributed by atoms with Crippen molar-refractivity contribution in [3.8, 4) is 0 Å². The van der Waals surface area contributed by atoms with Crippen molar-refractivity contribution in [1.82, 2.24) is 10.3 Å². The predicted molar refractivity (Wildman–Crippen MR) is 68.4 cm³/mol. The van der Waals surface area contributed by atoms with E-state index in [0.29, 0.717) is 5.89 Å². The van der Waals surface area contributed by atoms with Gasteiger partial charge in [0.25, 0.3) is 0 Å². The number of nitrogens with zero attached hydrogens (tertiary/aromatic N) is 1. The molecule has 6 heteroatoms. The van der Waals surface area contributed by atoms with Crippen LogP contribution in [-0.2, 0) is 11.3 Å². The van der Waals surface area contributed by atoms with Crippen molar-refractivity contribution in [3.63, 3.8) is 0 Å². The maximum absolute atomic E-state index is 11.8. The SMILES string of the molecule is Cc1nc(CNC(=O)C(C)(C)C(N)=S)oc1C. The molecule has 0 aliphatic rings. The summed E-state index contributed by atoms with van der Waals surface area (Å²) in [5, 5.41) is 2.70. The molecular formula is C11H17N3O2S. The Morgan fingerprint density at radius 1 is 1.53 bits per heavy atom. The number of aryl methyl sites for hydroxylation is 2. The number of carbonyl (C=O) groups is 1. The summed E-state index contributed by atoms with van der Waals surface area (Å²) in [5.41, 5.74) is 5.45. The van der Waals surface area contributed by atoms with Gasteiger partial charge in [0, 0.05) is 0 Å². The van der Waals surface area contributed by atoms with Crippen LogP contribution in [0.1, 0.15) is 31.2 Å². The first kappa shape index (κ1) is 13.6. The normalized spacial score (nSPS) is 11.3. The molecule has 5 nitrogen and oxygen atoms in total. The zero-order chi connectivity index (χ0) is 13.2. The quantitative estimate of drug-likeness (QED) is 0.791. The molecule has 0 radical (unpaired) electrons. The topological polar surface area (TPSA) is 81.2 Å². The number of rotatable bonds is 4. The minimum atomic E-state index is -0.869. The number of nitrogens with one attached hydrogen (secondary N) is 1. The lowest BCUT2D eigenvalue weighted by atomic mass is 9.92. The van der Waals surface area contributed by atoms with Gasteiger partial charge >= 0.3 is 0 Å². The molecule has 0 unspecified atom stereocenters. The van der Waals surface area contributed by atoms with Gasteiger partial charge in [-0.2, -0.15) is 0 Å². The Morgan fingerprint density at radius 2 is 2.12 bits per heavy atom. The van der Waals surface area contributed by atoms with E-state index in [2.05, 4.69) is 10.3 Å². The van der Waals surface area contributed by atoms with Gasteiger partial charge in [0.05, 0.1) is 22.6 Å². The van der Waals surface area contributed by atoms with Gasteiger partial charge in [-0.15, -0.1) is 0 Å². The van der Waals surface area contributed by atoms with Gasteiger partial charge in [-0.1, -0.05) is 12.2 Å². The fourth-order valence-corrected chi connectivity index (χ4v) is 1.20. The Kier molecular flexibility index (Phi) is 3.87. The van der Waals surface area contributed by atoms with Crippen LogP contribution in [0.5, 0.6) is 0 Å². The molecular weight excluding hydrogens is 238 g/mol. The number of aromatic nitrogens is 1. The van der Waals surface area contributed by atoms with Gasteiger partial charge in [0.2, 0.25) is 11.8 Å². The standard InChI is InChI=1S/C11H17N3O2S/c1-6-7(2)16-8(14-6)5-13-10(15)11(3,4)9(12)17/h5H2,1-4H3,(H2,12,17)(H,13,15). The highest BCUT2D eigenvalue weighted by Gasteiger charge is 2.30. The average Bonchev–Trinajstić information content (AvgIpc) is 2.54. The molecule has 94 valence electrons. The first-order valence-electron chi connectivity index (χ1n) is 5.26. The summed E-state index contributed by atoms with van der Waals surface area (Å²) in [7, 11) is 0. The monoisotopic (exact) mass is 255 g/mol. The van der Waals surface area contributed by atoms with Crippen LogP contribution in [-0.4, -0.2) is 15.9 Å². The van der Waals surface area contributed by atoms with E-state index in [1.54, 1.807) is 13.8 Å². The zero-order valence-corrected chi connectivity index (χ0v) is 11.3. The van der Waals surface area contributed by atoms with Gasteiger partial charge in [-0.25, -0.2) is 4.98 Å². The molecule has 0 aliphatic carbocycles. The third-order valence-electron chi connectivity index (χ3n) is 2.66. The molecule has 1 aromatic rings. The molecule has 17 heavy (non-hydrogen) atoms. The summed E-state index contributed by atoms with van der Waals surface area (Å²) < 4.78 is 5.35. The lowest BCUT2D eigenvalue weighted by molar-refractivity contribution is -0.126. The number of oxazole rings is 1. The van der Waals surface area contributed by atoms with E-state index < -0.39 is 5.41 Å². The minimum absolute atomic E-state index is 0.162. The highest BCUT2D eigenvalue weighted by atomic mass is 32.1. The maximum atomic E-state index is 11.8. The Hall–Kier alpha value is -1.43. The van der Waals surface area contributed by atoms with Gasteiger partial charge < -0.3 is 15.5 Å². The van der Waals surface area contributed by atoms with E-state index >= 15 is 0 Å². The molecule has 0 bridgehead atoms. The lowest BCUT2D eigenvalue weighted by Gasteiger charge is -2.21. The molecule has 3 N–H and O–H groups in total. The smallest absolute Gasteiger partial charge is 0.232 e. The van der Waals surface area contributed by atoms with Crippen molar-refractivity contribution in [1.29, 1.82) is 0 Å². The van der Waals surface area contributed by atoms with Crippen molar-refractivity contribution in [2.75, 3.05) is 0 Å². The van der Waals surface area contributed by atoms with Gasteiger partial charge in [0.15, 0.2) is 0 Å². The Bertz CT molecular complexity index is 432. The van der Waals surface area contributed by atoms with Crippen molar-refractivity contribution >= 4 is 23.1 Å². The summed E-state index contributed by atoms with van der Waals surface area (Å²) in [6.07, 6.45) is 0. The Balaban J connectivity index is 2.63. The Morgan fingerprint density at radius 3 is 2.53 bits per heavy atom. The van der Waals surface area contributed by atoms with Crippen LogP contribution in [0.2, 0.25) is 0 Å². The second-order valence-corrected chi connectivity index (χ2v) is 4.86. The summed E-state index contributed by atoms with van der Waals surface area (Å²) in [5.74, 6) is 0.994. The third kappa shape index (κ3) is 3.03. The van der Waals surface area contributed by atoms with Crippen LogP contribution in [0, 0.1) is 19.3 Å². The van der Waals surface area contributed by atoms with Crippen molar-refractivity contribution in [3.05, 3.63) is 17.3 Å². The van der Waals surface area contributed by atoms with E-state index in [4.69, 9.17) is 22.4 Å². The molecule has 0 spiro atoms. The second-order valence-electron chi connectivity index (χ2n) is 4.42. The second kappa shape index (κ2) is 4.83. The zero-order valence-electron chi connectivity index (χ0n) is 10.5. The predicted octanol–water partition coefficient (Wildman–Crippen LogP) is 1.22. The van der Waals surface area contributed by atoms with E-state index in [9.17, 15) is 4.79 Å². The van der Waals surface area contributed by atoms with E-state index in [1.165, 1.54) is 0 Å².